The topological polar surface area (TPSA) is 183 Å². The number of aliphatic hydroxyl groups excluding tert-OH is 1. The zero-order valence-electron chi connectivity index (χ0n) is 35.6. The number of pyridine rings is 1. The molecule has 3 aliphatic carbocycles. The smallest absolute Gasteiger partial charge is 0.293 e. The Morgan fingerprint density at radius 1 is 0.984 bits per heavy atom. The van der Waals surface area contributed by atoms with E-state index in [1.54, 1.807) is 36.2 Å². The van der Waals surface area contributed by atoms with Gasteiger partial charge >= 0.3 is 0 Å². The number of aromatic amines is 1. The number of carbonyl (C=O) groups is 1. The van der Waals surface area contributed by atoms with Gasteiger partial charge in [-0.1, -0.05) is 31.2 Å². The molecule has 1 atom stereocenters. The lowest BCUT2D eigenvalue weighted by Gasteiger charge is -2.51. The lowest BCUT2D eigenvalue weighted by atomic mass is 9.64. The summed E-state index contributed by atoms with van der Waals surface area (Å²) in [5.74, 6) is 0.322. The SMILES string of the molecule is CC1(CNc2ccc(S(=O)(=O)NC(=O)c3ccc(N4CCC5(CC(N6CCCC6c6ccccc6C6CC6)C5)C4)cc3Oc3cnc4[nH]ccc4c3)cc2[N+](=O)[O-])CCC(O)CC1. The Kier molecular flexibility index (Phi) is 10.7. The summed E-state index contributed by atoms with van der Waals surface area (Å²) in [5, 5.41) is 26.1. The Bertz CT molecular complexity index is 2670. The van der Waals surface area contributed by atoms with Gasteiger partial charge in [0.2, 0.25) is 0 Å². The molecule has 2 saturated heterocycles. The second-order valence-corrected chi connectivity index (χ2v) is 20.9. The second kappa shape index (κ2) is 16.2. The van der Waals surface area contributed by atoms with E-state index in [1.165, 1.54) is 43.4 Å². The maximum absolute atomic E-state index is 14.0. The Balaban J connectivity index is 0.860. The van der Waals surface area contributed by atoms with E-state index in [9.17, 15) is 28.4 Å². The molecule has 0 bridgehead atoms. The van der Waals surface area contributed by atoms with Crippen LogP contribution in [0.25, 0.3) is 11.0 Å². The molecular weight excluding hydrogens is 819 g/mol. The van der Waals surface area contributed by atoms with Crippen molar-refractivity contribution in [1.29, 1.82) is 0 Å². The van der Waals surface area contributed by atoms with Crippen molar-refractivity contribution in [3.63, 3.8) is 0 Å². The van der Waals surface area contributed by atoms with E-state index in [4.69, 9.17) is 4.74 Å². The van der Waals surface area contributed by atoms with Crippen LogP contribution < -0.4 is 19.7 Å². The summed E-state index contributed by atoms with van der Waals surface area (Å²) in [4.78, 5) is 37.8. The van der Waals surface area contributed by atoms with Gasteiger partial charge in [-0.2, -0.15) is 0 Å². The number of nitro benzene ring substituents is 1. The highest BCUT2D eigenvalue weighted by atomic mass is 32.2. The summed E-state index contributed by atoms with van der Waals surface area (Å²) in [5.41, 5.74) is 4.39. The Morgan fingerprint density at radius 2 is 1.78 bits per heavy atom. The first-order valence-corrected chi connectivity index (χ1v) is 23.9. The summed E-state index contributed by atoms with van der Waals surface area (Å²) < 4.78 is 36.1. The lowest BCUT2D eigenvalue weighted by Crippen LogP contribution is -2.51. The number of nitrogens with one attached hydrogen (secondary N) is 3. The summed E-state index contributed by atoms with van der Waals surface area (Å²) in [7, 11) is -4.57. The number of H-pyrrole nitrogens is 1. The molecule has 0 radical (unpaired) electrons. The molecule has 2 aromatic heterocycles. The third-order valence-electron chi connectivity index (χ3n) is 14.7. The number of hydrogen-bond donors (Lipinski definition) is 4. The Labute approximate surface area is 367 Å². The number of ether oxygens (including phenoxy) is 1. The van der Waals surface area contributed by atoms with Gasteiger partial charge in [-0.05, 0) is 141 Å². The number of anilines is 2. The molecule has 10 rings (SSSR count). The molecule has 15 heteroatoms. The van der Waals surface area contributed by atoms with E-state index < -0.39 is 31.4 Å². The fourth-order valence-corrected chi connectivity index (χ4v) is 11.9. The zero-order valence-corrected chi connectivity index (χ0v) is 36.4. The third-order valence-corrected chi connectivity index (χ3v) is 16.0. The number of aliphatic hydroxyl groups is 1. The third kappa shape index (κ3) is 8.38. The number of sulfonamides is 1. The molecule has 5 aromatic rings. The quantitative estimate of drug-likeness (QED) is 0.0655. The molecule has 4 N–H and O–H groups in total. The van der Waals surface area contributed by atoms with Gasteiger partial charge in [0.25, 0.3) is 21.6 Å². The first kappa shape index (κ1) is 41.5. The fourth-order valence-electron chi connectivity index (χ4n) is 10.9. The number of hydrogen-bond acceptors (Lipinski definition) is 11. The minimum atomic E-state index is -4.57. The number of fused-ring (bicyclic) bond motifs is 1. The van der Waals surface area contributed by atoms with Crippen LogP contribution in [-0.2, 0) is 10.0 Å². The van der Waals surface area contributed by atoms with E-state index in [2.05, 4.69) is 61.0 Å². The van der Waals surface area contributed by atoms with E-state index in [0.717, 1.165) is 74.8 Å². The van der Waals surface area contributed by atoms with Gasteiger partial charge in [0.05, 0.1) is 27.7 Å². The van der Waals surface area contributed by atoms with E-state index in [1.807, 2.05) is 12.1 Å². The maximum Gasteiger partial charge on any atom is 0.293 e. The number of rotatable bonds is 13. The molecule has 1 spiro atoms. The highest BCUT2D eigenvalue weighted by Crippen LogP contribution is 2.55. The van der Waals surface area contributed by atoms with Gasteiger partial charge in [-0.25, -0.2) is 18.1 Å². The highest BCUT2D eigenvalue weighted by Gasteiger charge is 2.52. The first-order valence-electron chi connectivity index (χ1n) is 22.5. The molecule has 3 aromatic carbocycles. The van der Waals surface area contributed by atoms with Crippen LogP contribution in [0.3, 0.4) is 0 Å². The van der Waals surface area contributed by atoms with Gasteiger partial charge in [0.15, 0.2) is 0 Å². The van der Waals surface area contributed by atoms with Gasteiger partial charge < -0.3 is 25.0 Å². The van der Waals surface area contributed by atoms with Crippen molar-refractivity contribution in [2.24, 2.45) is 10.8 Å². The fraction of sp³-hybridized carbons (Fsp3) is 0.458. The minimum Gasteiger partial charge on any atom is -0.455 e. The number of likely N-dealkylation sites (tertiary alicyclic amines) is 1. The van der Waals surface area contributed by atoms with Crippen molar-refractivity contribution in [3.8, 4) is 11.5 Å². The average molecular weight is 874 g/mol. The monoisotopic (exact) mass is 873 g/mol. The van der Waals surface area contributed by atoms with Crippen molar-refractivity contribution >= 4 is 44.0 Å². The van der Waals surface area contributed by atoms with Gasteiger partial charge in [0.1, 0.15) is 22.8 Å². The van der Waals surface area contributed by atoms with Crippen LogP contribution in [0.2, 0.25) is 0 Å². The predicted molar refractivity (Wildman–Crippen MR) is 241 cm³/mol. The van der Waals surface area contributed by atoms with E-state index in [0.29, 0.717) is 42.9 Å². The van der Waals surface area contributed by atoms with Gasteiger partial charge in [-0.3, -0.25) is 19.8 Å². The summed E-state index contributed by atoms with van der Waals surface area (Å²) >= 11 is 0. The Morgan fingerprint density at radius 3 is 2.56 bits per heavy atom. The Hall–Kier alpha value is -5.51. The van der Waals surface area contributed by atoms with Crippen LogP contribution in [-0.4, -0.2) is 77.5 Å². The number of nitrogens with zero attached hydrogens (tertiary/aromatic N) is 4. The predicted octanol–water partition coefficient (Wildman–Crippen LogP) is 8.81. The molecule has 3 saturated carbocycles. The number of carbonyl (C=O) groups excluding carboxylic acids is 1. The zero-order chi connectivity index (χ0) is 43.5. The maximum atomic E-state index is 14.0. The van der Waals surface area contributed by atoms with Crippen molar-refractivity contribution in [1.82, 2.24) is 19.6 Å². The highest BCUT2D eigenvalue weighted by molar-refractivity contribution is 7.90. The number of amides is 1. The van der Waals surface area contributed by atoms with Crippen molar-refractivity contribution in [2.45, 2.75) is 107 Å². The van der Waals surface area contributed by atoms with Crippen LogP contribution in [0, 0.1) is 20.9 Å². The summed E-state index contributed by atoms with van der Waals surface area (Å²) in [6.07, 6.45) is 14.2. The number of aromatic nitrogens is 2. The normalized spacial score (nSPS) is 26.2. The van der Waals surface area contributed by atoms with Crippen LogP contribution >= 0.6 is 0 Å². The summed E-state index contributed by atoms with van der Waals surface area (Å²) in [6.45, 7) is 5.36. The minimum absolute atomic E-state index is 0.0145. The molecule has 63 heavy (non-hydrogen) atoms. The molecule has 5 fully saturated rings. The standard InChI is InChI=1S/C48H55N7O7S/c1-47(17-14-35(56)15-18-47)29-51-41-13-11-37(25-43(41)55(58)59)63(60,61)52-46(57)40-12-10-33(24-44(40)62-36-23-32-16-20-49-45(32)50-28-36)53-22-19-48(30-53)26-34(27-48)54-21-4-7-42(54)39-6-3-2-5-38(39)31-8-9-31/h2-3,5-6,10-13,16,20,23-25,28,31,34-35,42,51,56H,4,7-9,14-15,17-19,21-22,26-27,29-30H2,1H3,(H,49,50)(H,52,57). The van der Waals surface area contributed by atoms with Gasteiger partial charge in [0, 0.05) is 61.1 Å². The number of nitro groups is 1. The largest absolute Gasteiger partial charge is 0.455 e. The van der Waals surface area contributed by atoms with Crippen LogP contribution in [0.4, 0.5) is 17.1 Å². The van der Waals surface area contributed by atoms with Crippen LogP contribution in [0.5, 0.6) is 11.5 Å². The molecule has 1 amide bonds. The van der Waals surface area contributed by atoms with Gasteiger partial charge in [-0.15, -0.1) is 0 Å². The molecule has 14 nitrogen and oxygen atoms in total. The van der Waals surface area contributed by atoms with Crippen LogP contribution in [0.1, 0.15) is 111 Å². The van der Waals surface area contributed by atoms with E-state index >= 15 is 0 Å². The summed E-state index contributed by atoms with van der Waals surface area (Å²) in [6, 6.07) is 22.6. The molecule has 5 aliphatic rings. The second-order valence-electron chi connectivity index (χ2n) is 19.2. The van der Waals surface area contributed by atoms with Crippen molar-refractivity contribution in [2.75, 3.05) is 36.4 Å². The van der Waals surface area contributed by atoms with E-state index in [-0.39, 0.29) is 33.9 Å². The molecule has 2 aliphatic heterocycles. The van der Waals surface area contributed by atoms with Crippen LogP contribution in [0.15, 0.2) is 90.1 Å². The molecule has 330 valence electrons. The first-order chi connectivity index (χ1) is 30.3. The average Bonchev–Trinajstić information content (AvgIpc) is 3.58. The number of benzene rings is 3. The van der Waals surface area contributed by atoms with Crippen molar-refractivity contribution in [3.05, 3.63) is 112 Å². The molecule has 4 heterocycles. The molecular formula is C48H55N7O7S. The van der Waals surface area contributed by atoms with Crippen molar-refractivity contribution < 1.29 is 28.0 Å². The molecule has 1 unspecified atom stereocenters. The lowest BCUT2D eigenvalue weighted by molar-refractivity contribution is -0.384.